The Labute approximate surface area is 169 Å². The third-order valence-corrected chi connectivity index (χ3v) is 5.79. The van der Waals surface area contributed by atoms with Crippen LogP contribution in [0.25, 0.3) is 10.9 Å². The number of thioether (sulfide) groups is 1. The maximum Gasteiger partial charge on any atom is 0.262 e. The van der Waals surface area contributed by atoms with E-state index in [1.807, 2.05) is 47.0 Å². The minimum absolute atomic E-state index is 0.0354. The van der Waals surface area contributed by atoms with E-state index in [9.17, 15) is 4.79 Å². The van der Waals surface area contributed by atoms with E-state index < -0.39 is 0 Å². The summed E-state index contributed by atoms with van der Waals surface area (Å²) in [5.41, 5.74) is 4.49. The molecule has 4 rings (SSSR count). The Bertz CT molecular complexity index is 1150. The summed E-state index contributed by atoms with van der Waals surface area (Å²) in [6.45, 7) is 2.72. The van der Waals surface area contributed by atoms with Gasteiger partial charge in [0, 0.05) is 12.3 Å². The molecule has 28 heavy (non-hydrogen) atoms. The standard InChI is InChI=1S/C24H22N2OS/c1-18-8-7-11-20(16-18)17-28-24-25-22-13-6-5-12-21(22)23(27)26(24)15-14-19-9-3-2-4-10-19/h2-13,16H,14-15,17H2,1H3. The Hall–Kier alpha value is -2.85. The van der Waals surface area contributed by atoms with Gasteiger partial charge in [0.25, 0.3) is 5.56 Å². The summed E-state index contributed by atoms with van der Waals surface area (Å²) < 4.78 is 1.83. The molecule has 0 amide bonds. The number of benzene rings is 3. The van der Waals surface area contributed by atoms with Gasteiger partial charge in [0.05, 0.1) is 10.9 Å². The van der Waals surface area contributed by atoms with Gasteiger partial charge in [0.15, 0.2) is 5.16 Å². The molecule has 0 aliphatic carbocycles. The van der Waals surface area contributed by atoms with E-state index in [4.69, 9.17) is 4.98 Å². The molecule has 0 saturated heterocycles. The molecular formula is C24H22N2OS. The van der Waals surface area contributed by atoms with Gasteiger partial charge in [0.2, 0.25) is 0 Å². The summed E-state index contributed by atoms with van der Waals surface area (Å²) in [4.78, 5) is 18.0. The Kier molecular flexibility index (Phi) is 5.58. The van der Waals surface area contributed by atoms with E-state index in [1.165, 1.54) is 16.7 Å². The highest BCUT2D eigenvalue weighted by atomic mass is 32.2. The van der Waals surface area contributed by atoms with Crippen molar-refractivity contribution >= 4 is 22.7 Å². The molecule has 140 valence electrons. The molecule has 0 unspecified atom stereocenters. The third-order valence-electron chi connectivity index (χ3n) is 4.74. The lowest BCUT2D eigenvalue weighted by Gasteiger charge is -2.13. The van der Waals surface area contributed by atoms with Crippen molar-refractivity contribution < 1.29 is 0 Å². The largest absolute Gasteiger partial charge is 0.287 e. The van der Waals surface area contributed by atoms with E-state index >= 15 is 0 Å². The number of fused-ring (bicyclic) bond motifs is 1. The summed E-state index contributed by atoms with van der Waals surface area (Å²) in [5.74, 6) is 0.789. The molecule has 0 bridgehead atoms. The van der Waals surface area contributed by atoms with Gasteiger partial charge in [-0.3, -0.25) is 9.36 Å². The van der Waals surface area contributed by atoms with Crippen LogP contribution in [-0.4, -0.2) is 9.55 Å². The molecule has 3 aromatic carbocycles. The van der Waals surface area contributed by atoms with E-state index in [2.05, 4.69) is 43.3 Å². The van der Waals surface area contributed by atoms with Crippen molar-refractivity contribution in [2.75, 3.05) is 0 Å². The first-order valence-electron chi connectivity index (χ1n) is 9.42. The number of hydrogen-bond acceptors (Lipinski definition) is 3. The average Bonchev–Trinajstić information content (AvgIpc) is 2.72. The summed E-state index contributed by atoms with van der Waals surface area (Å²) in [7, 11) is 0. The monoisotopic (exact) mass is 386 g/mol. The molecule has 0 radical (unpaired) electrons. The fourth-order valence-corrected chi connectivity index (χ4v) is 4.26. The molecule has 0 saturated carbocycles. The van der Waals surface area contributed by atoms with Gasteiger partial charge in [-0.1, -0.05) is 84.1 Å². The van der Waals surface area contributed by atoms with Crippen LogP contribution in [0.1, 0.15) is 16.7 Å². The lowest BCUT2D eigenvalue weighted by Crippen LogP contribution is -2.24. The van der Waals surface area contributed by atoms with Gasteiger partial charge in [-0.25, -0.2) is 4.98 Å². The van der Waals surface area contributed by atoms with Crippen LogP contribution in [0, 0.1) is 6.92 Å². The Morgan fingerprint density at radius 1 is 0.893 bits per heavy atom. The quantitative estimate of drug-likeness (QED) is 0.336. The van der Waals surface area contributed by atoms with Crippen molar-refractivity contribution in [1.29, 1.82) is 0 Å². The molecule has 0 atom stereocenters. The fraction of sp³-hybridized carbons (Fsp3) is 0.167. The first-order chi connectivity index (χ1) is 13.7. The van der Waals surface area contributed by atoms with Gasteiger partial charge in [-0.2, -0.15) is 0 Å². The number of aryl methyl sites for hydroxylation is 2. The first-order valence-corrected chi connectivity index (χ1v) is 10.4. The predicted octanol–water partition coefficient (Wildman–Crippen LogP) is 5.24. The smallest absolute Gasteiger partial charge is 0.262 e. The Balaban J connectivity index is 1.67. The van der Waals surface area contributed by atoms with Crippen molar-refractivity contribution in [1.82, 2.24) is 9.55 Å². The minimum atomic E-state index is 0.0354. The lowest BCUT2D eigenvalue weighted by atomic mass is 10.1. The zero-order valence-corrected chi connectivity index (χ0v) is 16.7. The number of para-hydroxylation sites is 1. The summed E-state index contributed by atoms with van der Waals surface area (Å²) in [5, 5.41) is 1.46. The van der Waals surface area contributed by atoms with E-state index in [-0.39, 0.29) is 5.56 Å². The molecule has 0 spiro atoms. The fourth-order valence-electron chi connectivity index (χ4n) is 3.29. The molecule has 4 aromatic rings. The lowest BCUT2D eigenvalue weighted by molar-refractivity contribution is 0.595. The van der Waals surface area contributed by atoms with E-state index in [1.54, 1.807) is 11.8 Å². The second-order valence-corrected chi connectivity index (χ2v) is 7.82. The van der Waals surface area contributed by atoms with Crippen molar-refractivity contribution in [2.24, 2.45) is 0 Å². The number of nitrogens with zero attached hydrogens (tertiary/aromatic N) is 2. The highest BCUT2D eigenvalue weighted by Crippen LogP contribution is 2.23. The maximum atomic E-state index is 13.1. The molecule has 0 N–H and O–H groups in total. The van der Waals surface area contributed by atoms with Crippen molar-refractivity contribution in [3.63, 3.8) is 0 Å². The summed E-state index contributed by atoms with van der Waals surface area (Å²) in [6, 6.07) is 26.3. The zero-order valence-electron chi connectivity index (χ0n) is 15.8. The van der Waals surface area contributed by atoms with Crippen LogP contribution in [0.15, 0.2) is 88.8 Å². The molecule has 0 fully saturated rings. The van der Waals surface area contributed by atoms with E-state index in [0.717, 1.165) is 22.8 Å². The average molecular weight is 387 g/mol. The van der Waals surface area contributed by atoms with Crippen LogP contribution in [0.5, 0.6) is 0 Å². The maximum absolute atomic E-state index is 13.1. The van der Waals surface area contributed by atoms with Crippen LogP contribution in [-0.2, 0) is 18.7 Å². The minimum Gasteiger partial charge on any atom is -0.287 e. The normalized spacial score (nSPS) is 11.0. The number of aromatic nitrogens is 2. The zero-order chi connectivity index (χ0) is 19.3. The second-order valence-electron chi connectivity index (χ2n) is 6.88. The van der Waals surface area contributed by atoms with Gasteiger partial charge < -0.3 is 0 Å². The van der Waals surface area contributed by atoms with E-state index in [0.29, 0.717) is 11.9 Å². The van der Waals surface area contributed by atoms with Gasteiger partial charge >= 0.3 is 0 Å². The van der Waals surface area contributed by atoms with Crippen molar-refractivity contribution in [3.8, 4) is 0 Å². The SMILES string of the molecule is Cc1cccc(CSc2nc3ccccc3c(=O)n2CCc2ccccc2)c1. The van der Waals surface area contributed by atoms with Crippen molar-refractivity contribution in [3.05, 3.63) is 106 Å². The van der Waals surface area contributed by atoms with Crippen LogP contribution in [0.4, 0.5) is 0 Å². The molecule has 0 aliphatic heterocycles. The Morgan fingerprint density at radius 3 is 2.46 bits per heavy atom. The Morgan fingerprint density at radius 2 is 1.64 bits per heavy atom. The summed E-state index contributed by atoms with van der Waals surface area (Å²) in [6.07, 6.45) is 0.804. The molecule has 4 heteroatoms. The van der Waals surface area contributed by atoms with Gasteiger partial charge in [-0.15, -0.1) is 0 Å². The summed E-state index contributed by atoms with van der Waals surface area (Å²) >= 11 is 1.62. The molecule has 1 aromatic heterocycles. The predicted molar refractivity (Wildman–Crippen MR) is 117 cm³/mol. The molecule has 3 nitrogen and oxygen atoms in total. The number of rotatable bonds is 6. The molecular weight excluding hydrogens is 364 g/mol. The second kappa shape index (κ2) is 8.44. The first kappa shape index (κ1) is 18.5. The van der Waals surface area contributed by atoms with Crippen molar-refractivity contribution in [2.45, 2.75) is 30.8 Å². The highest BCUT2D eigenvalue weighted by molar-refractivity contribution is 7.98. The number of hydrogen-bond donors (Lipinski definition) is 0. The topological polar surface area (TPSA) is 34.9 Å². The molecule has 1 heterocycles. The third kappa shape index (κ3) is 4.18. The van der Waals surface area contributed by atoms with Crippen LogP contribution < -0.4 is 5.56 Å². The van der Waals surface area contributed by atoms with Gasteiger partial charge in [-0.05, 0) is 36.6 Å². The highest BCUT2D eigenvalue weighted by Gasteiger charge is 2.12. The molecule has 0 aliphatic rings. The van der Waals surface area contributed by atoms with Crippen LogP contribution >= 0.6 is 11.8 Å². The van der Waals surface area contributed by atoms with Gasteiger partial charge in [0.1, 0.15) is 0 Å². The van der Waals surface area contributed by atoms with Crippen LogP contribution in [0.2, 0.25) is 0 Å². The van der Waals surface area contributed by atoms with Crippen LogP contribution in [0.3, 0.4) is 0 Å².